The van der Waals surface area contributed by atoms with Gasteiger partial charge in [0.1, 0.15) is 0 Å². The summed E-state index contributed by atoms with van der Waals surface area (Å²) in [5.74, 6) is 7.45. The van der Waals surface area contributed by atoms with Gasteiger partial charge in [-0.25, -0.2) is 5.43 Å². The van der Waals surface area contributed by atoms with Crippen molar-refractivity contribution in [3.63, 3.8) is 0 Å². The minimum Gasteiger partial charge on any atom is -0.290 e. The summed E-state index contributed by atoms with van der Waals surface area (Å²) in [5, 5.41) is 0. The largest absolute Gasteiger partial charge is 0.290 e. The summed E-state index contributed by atoms with van der Waals surface area (Å²) in [5.41, 5.74) is 3.36. The fraction of sp³-hybridized carbons (Fsp3) is 0.300. The smallest absolute Gasteiger partial charge is 0.204 e. The van der Waals surface area contributed by atoms with E-state index >= 15 is 0 Å². The number of hydrogen-bond acceptors (Lipinski definition) is 5. The third-order valence-electron chi connectivity index (χ3n) is 2.22. The predicted molar refractivity (Wildman–Crippen MR) is 65.7 cm³/mol. The summed E-state index contributed by atoms with van der Waals surface area (Å²) in [7, 11) is 0. The second-order valence-corrected chi connectivity index (χ2v) is 6.03. The molecule has 5 heteroatoms. The summed E-state index contributed by atoms with van der Waals surface area (Å²) in [6, 6.07) is 9.26. The van der Waals surface area contributed by atoms with Gasteiger partial charge < -0.3 is 0 Å². The molecule has 1 aromatic rings. The van der Waals surface area contributed by atoms with Gasteiger partial charge >= 0.3 is 0 Å². The average Bonchev–Trinajstić information content (AvgIpc) is 2.79. The predicted octanol–water partition coefficient (Wildman–Crippen LogP) is 1.47. The summed E-state index contributed by atoms with van der Waals surface area (Å²) in [6.45, 7) is 0. The molecule has 1 fully saturated rings. The van der Waals surface area contributed by atoms with Crippen LogP contribution in [0.5, 0.6) is 0 Å². The SMILES string of the molecule is NNC1(C(=O)c2ccccc2)SCCS1. The number of hydrogen-bond donors (Lipinski definition) is 2. The molecule has 15 heavy (non-hydrogen) atoms. The summed E-state index contributed by atoms with van der Waals surface area (Å²) < 4.78 is -0.679. The van der Waals surface area contributed by atoms with Gasteiger partial charge in [-0.2, -0.15) is 0 Å². The van der Waals surface area contributed by atoms with E-state index in [2.05, 4.69) is 5.43 Å². The molecule has 1 aliphatic heterocycles. The van der Waals surface area contributed by atoms with Gasteiger partial charge in [0.05, 0.1) is 0 Å². The molecule has 0 aliphatic carbocycles. The second kappa shape index (κ2) is 4.57. The van der Waals surface area contributed by atoms with Crippen molar-refractivity contribution in [3.8, 4) is 0 Å². The standard InChI is InChI=1S/C10H12N2OS2/c11-12-10(14-6-7-15-10)9(13)8-4-2-1-3-5-8/h1-5,12H,6-7,11H2. The summed E-state index contributed by atoms with van der Waals surface area (Å²) in [6.07, 6.45) is 0. The van der Waals surface area contributed by atoms with Crippen molar-refractivity contribution in [2.75, 3.05) is 11.5 Å². The molecule has 0 spiro atoms. The van der Waals surface area contributed by atoms with E-state index in [0.717, 1.165) is 11.5 Å². The van der Waals surface area contributed by atoms with Gasteiger partial charge in [0.15, 0.2) is 4.20 Å². The van der Waals surface area contributed by atoms with Gasteiger partial charge in [-0.05, 0) is 0 Å². The summed E-state index contributed by atoms with van der Waals surface area (Å²) in [4.78, 5) is 12.2. The lowest BCUT2D eigenvalue weighted by Gasteiger charge is -2.24. The maximum atomic E-state index is 12.2. The first kappa shape index (κ1) is 11.0. The third-order valence-corrected chi connectivity index (χ3v) is 5.42. The lowest BCUT2D eigenvalue weighted by Crippen LogP contribution is -2.48. The zero-order valence-corrected chi connectivity index (χ0v) is 9.74. The zero-order chi connectivity index (χ0) is 10.7. The molecule has 0 amide bonds. The third kappa shape index (κ3) is 2.06. The van der Waals surface area contributed by atoms with Gasteiger partial charge in [-0.3, -0.25) is 10.6 Å². The van der Waals surface area contributed by atoms with E-state index in [1.165, 1.54) is 0 Å². The molecule has 1 saturated heterocycles. The fourth-order valence-electron chi connectivity index (χ4n) is 1.47. The van der Waals surface area contributed by atoms with E-state index in [0.29, 0.717) is 5.56 Å². The van der Waals surface area contributed by atoms with Crippen LogP contribution in [0, 0.1) is 0 Å². The topological polar surface area (TPSA) is 55.1 Å². The van der Waals surface area contributed by atoms with E-state index in [9.17, 15) is 4.79 Å². The van der Waals surface area contributed by atoms with Crippen LogP contribution in [0.4, 0.5) is 0 Å². The monoisotopic (exact) mass is 240 g/mol. The van der Waals surface area contributed by atoms with Crippen LogP contribution in [-0.4, -0.2) is 21.5 Å². The number of nitrogens with one attached hydrogen (secondary N) is 1. The number of ketones is 1. The molecule has 1 aromatic carbocycles. The van der Waals surface area contributed by atoms with Crippen LogP contribution >= 0.6 is 23.5 Å². The van der Waals surface area contributed by atoms with Crippen LogP contribution in [0.15, 0.2) is 30.3 Å². The first-order chi connectivity index (χ1) is 7.28. The lowest BCUT2D eigenvalue weighted by atomic mass is 10.1. The Kier molecular flexibility index (Phi) is 3.35. The number of benzene rings is 1. The molecule has 0 saturated carbocycles. The Hall–Kier alpha value is -0.490. The quantitative estimate of drug-likeness (QED) is 0.476. The fourth-order valence-corrected chi connectivity index (χ4v) is 4.21. The molecule has 0 unspecified atom stereocenters. The molecule has 80 valence electrons. The van der Waals surface area contributed by atoms with Gasteiger partial charge in [0.25, 0.3) is 0 Å². The van der Waals surface area contributed by atoms with Crippen molar-refractivity contribution in [2.45, 2.75) is 4.20 Å². The van der Waals surface area contributed by atoms with Gasteiger partial charge in [0, 0.05) is 17.1 Å². The lowest BCUT2D eigenvalue weighted by molar-refractivity contribution is 0.0967. The van der Waals surface area contributed by atoms with Gasteiger partial charge in [-0.15, -0.1) is 23.5 Å². The molecule has 0 aromatic heterocycles. The highest BCUT2D eigenvalue weighted by Gasteiger charge is 2.42. The van der Waals surface area contributed by atoms with E-state index in [1.807, 2.05) is 30.3 Å². The average molecular weight is 240 g/mol. The number of thioether (sulfide) groups is 2. The van der Waals surface area contributed by atoms with E-state index in [-0.39, 0.29) is 5.78 Å². The number of hydrazine groups is 1. The summed E-state index contributed by atoms with van der Waals surface area (Å²) >= 11 is 3.14. The minimum absolute atomic E-state index is 0.0538. The van der Waals surface area contributed by atoms with Crippen molar-refractivity contribution < 1.29 is 4.79 Å². The van der Waals surface area contributed by atoms with Crippen molar-refractivity contribution in [3.05, 3.63) is 35.9 Å². The van der Waals surface area contributed by atoms with E-state index in [1.54, 1.807) is 23.5 Å². The molecular weight excluding hydrogens is 228 g/mol. The molecule has 0 atom stereocenters. The molecular formula is C10H12N2OS2. The molecule has 0 bridgehead atoms. The van der Waals surface area contributed by atoms with Crippen LogP contribution < -0.4 is 11.3 Å². The van der Waals surface area contributed by atoms with E-state index in [4.69, 9.17) is 5.84 Å². The highest BCUT2D eigenvalue weighted by atomic mass is 32.2. The minimum atomic E-state index is -0.679. The van der Waals surface area contributed by atoms with Crippen LogP contribution in [0.1, 0.15) is 10.4 Å². The van der Waals surface area contributed by atoms with Crippen LogP contribution in [0.25, 0.3) is 0 Å². The van der Waals surface area contributed by atoms with Crippen LogP contribution in [0.2, 0.25) is 0 Å². The molecule has 0 radical (unpaired) electrons. The first-order valence-electron chi connectivity index (χ1n) is 4.64. The number of carbonyl (C=O) groups excluding carboxylic acids is 1. The van der Waals surface area contributed by atoms with Gasteiger partial charge in [-0.1, -0.05) is 30.3 Å². The molecule has 3 nitrogen and oxygen atoms in total. The van der Waals surface area contributed by atoms with Gasteiger partial charge in [0.2, 0.25) is 5.78 Å². The molecule has 1 aliphatic rings. The Bertz CT molecular complexity index is 350. The zero-order valence-electron chi connectivity index (χ0n) is 8.10. The van der Waals surface area contributed by atoms with Crippen molar-refractivity contribution in [1.29, 1.82) is 0 Å². The molecule has 3 N–H and O–H groups in total. The van der Waals surface area contributed by atoms with Crippen LogP contribution in [0.3, 0.4) is 0 Å². The maximum Gasteiger partial charge on any atom is 0.204 e. The Balaban J connectivity index is 2.27. The molecule has 1 heterocycles. The Morgan fingerprint density at radius 2 is 1.87 bits per heavy atom. The Morgan fingerprint density at radius 3 is 2.40 bits per heavy atom. The van der Waals surface area contributed by atoms with E-state index < -0.39 is 4.20 Å². The highest BCUT2D eigenvalue weighted by molar-refractivity contribution is 8.22. The molecule has 2 rings (SSSR count). The number of Topliss-reactive ketones (excluding diaryl/α,β-unsaturated/α-hetero) is 1. The Labute approximate surface area is 97.2 Å². The number of nitrogens with two attached hydrogens (primary N) is 1. The second-order valence-electron chi connectivity index (χ2n) is 3.15. The maximum absolute atomic E-state index is 12.2. The van der Waals surface area contributed by atoms with Crippen LogP contribution in [-0.2, 0) is 0 Å². The van der Waals surface area contributed by atoms with Crippen molar-refractivity contribution in [2.24, 2.45) is 5.84 Å². The normalized spacial score (nSPS) is 19.0. The van der Waals surface area contributed by atoms with Crippen molar-refractivity contribution in [1.82, 2.24) is 5.43 Å². The highest BCUT2D eigenvalue weighted by Crippen LogP contribution is 2.43. The first-order valence-corrected chi connectivity index (χ1v) is 6.61. The van der Waals surface area contributed by atoms with Crippen molar-refractivity contribution >= 4 is 29.3 Å². The number of rotatable bonds is 3. The number of carbonyl (C=O) groups is 1. The Morgan fingerprint density at radius 1 is 1.27 bits per heavy atom.